The largest absolute Gasteiger partial charge is 0.0629 e. The van der Waals surface area contributed by atoms with Crippen LogP contribution in [0.4, 0.5) is 0 Å². The van der Waals surface area contributed by atoms with Crippen LogP contribution in [0.15, 0.2) is 206 Å². The molecular weight excluding hydrogens is 733 g/mol. The second kappa shape index (κ2) is 19.4. The predicted molar refractivity (Wildman–Crippen MR) is 267 cm³/mol. The van der Waals surface area contributed by atoms with Crippen molar-refractivity contribution in [2.24, 2.45) is 0 Å². The molecule has 0 N–H and O–H groups in total. The van der Waals surface area contributed by atoms with Gasteiger partial charge in [-0.2, -0.15) is 0 Å². The summed E-state index contributed by atoms with van der Waals surface area (Å²) in [5.41, 5.74) is 9.61. The zero-order chi connectivity index (χ0) is 55.8. The molecule has 0 saturated heterocycles. The first-order valence-corrected chi connectivity index (χ1v) is 20.6. The molecule has 0 amide bonds. The predicted octanol–water partition coefficient (Wildman–Crippen LogP) is 17.6. The molecule has 0 aliphatic carbocycles. The topological polar surface area (TPSA) is 0 Å². The van der Waals surface area contributed by atoms with Crippen molar-refractivity contribution >= 4 is 0 Å². The zero-order valence-electron chi connectivity index (χ0n) is 51.0. The fourth-order valence-corrected chi connectivity index (χ4v) is 7.07. The van der Waals surface area contributed by atoms with Crippen molar-refractivity contribution in [1.82, 2.24) is 0 Å². The van der Waals surface area contributed by atoms with Gasteiger partial charge < -0.3 is 0 Å². The number of hydrogen-bond acceptors (Lipinski definition) is 0. The fraction of sp³-hybridized carbons (Fsp3) is 0.213. The molecule has 0 heteroatoms. The molecule has 8 aromatic rings. The summed E-state index contributed by atoms with van der Waals surface area (Å²) >= 11 is 0. The van der Waals surface area contributed by atoms with Crippen molar-refractivity contribution in [3.8, 4) is 55.6 Å². The van der Waals surface area contributed by atoms with E-state index < -0.39 is 23.5 Å². The summed E-state index contributed by atoms with van der Waals surface area (Å²) in [6.45, 7) is 20.2. The van der Waals surface area contributed by atoms with Crippen LogP contribution in [0.1, 0.15) is 104 Å². The summed E-state index contributed by atoms with van der Waals surface area (Å²) in [5.74, 6) is 0. The van der Waals surface area contributed by atoms with Gasteiger partial charge >= 0.3 is 0 Å². The van der Waals surface area contributed by atoms with Crippen LogP contribution in [0, 0.1) is 6.92 Å². The molecule has 0 radical (unpaired) electrons. The molecule has 0 nitrogen and oxygen atoms in total. The van der Waals surface area contributed by atoms with Gasteiger partial charge in [-0.1, -0.05) is 268 Å². The third-order valence-corrected chi connectivity index (χ3v) is 10.1. The highest BCUT2D eigenvalue weighted by Crippen LogP contribution is 2.40. The summed E-state index contributed by atoms with van der Waals surface area (Å²) in [5, 5.41) is 0. The van der Waals surface area contributed by atoms with Gasteiger partial charge in [0.15, 0.2) is 0 Å². The molecule has 0 bridgehead atoms. The molecule has 0 heterocycles. The van der Waals surface area contributed by atoms with Crippen molar-refractivity contribution in [2.75, 3.05) is 0 Å². The Kier molecular flexibility index (Phi) is 9.27. The van der Waals surface area contributed by atoms with E-state index in [0.29, 0.717) is 22.3 Å². The molecule has 0 atom stereocenters. The van der Waals surface area contributed by atoms with E-state index in [9.17, 15) is 0 Å². The van der Waals surface area contributed by atoms with E-state index in [2.05, 4.69) is 99.6 Å². The minimum Gasteiger partial charge on any atom is -0.0622 e. The van der Waals surface area contributed by atoms with Gasteiger partial charge in [0, 0.05) is 0 Å². The molecule has 0 aromatic heterocycles. The third-order valence-electron chi connectivity index (χ3n) is 10.1. The van der Waals surface area contributed by atoms with Crippen molar-refractivity contribution in [2.45, 2.75) is 85.5 Å². The Morgan fingerprint density at radius 1 is 0.328 bits per heavy atom. The molecule has 0 aliphatic rings. The first kappa shape index (κ1) is 29.1. The summed E-state index contributed by atoms with van der Waals surface area (Å²) in [7, 11) is 0. The Bertz CT molecular complexity index is 3180. The third kappa shape index (κ3) is 11.7. The molecule has 61 heavy (non-hydrogen) atoms. The van der Waals surface area contributed by atoms with Crippen LogP contribution in [0.3, 0.4) is 0 Å². The fourth-order valence-electron chi connectivity index (χ4n) is 7.07. The SMILES string of the molecule is CC(C)(C)c1cc(-c2ccccc2)cc(-c2ccccc2)c1.[2H]c1c([2H])c([2H])c(-c2cccc(-c3c([2H])c([2H])c(C)c([2H])c3[2H])c2C(C)(C)C)c([2H])c1[2H].[2H]c1c([2H])c([2H])c(-c2ccccc2C(C)(C)C)c([2H])c1[2H]. The quantitative estimate of drug-likeness (QED) is 0.162. The molecule has 0 saturated carbocycles. The Morgan fingerprint density at radius 2 is 0.738 bits per heavy atom. The Morgan fingerprint density at radius 3 is 1.18 bits per heavy atom. The van der Waals surface area contributed by atoms with Crippen molar-refractivity contribution in [3.63, 3.8) is 0 Å². The van der Waals surface area contributed by atoms with Crippen molar-refractivity contribution < 1.29 is 19.2 Å². The minimum absolute atomic E-state index is 0.0464. The molecular formula is C61H64. The maximum absolute atomic E-state index is 8.52. The lowest BCUT2D eigenvalue weighted by atomic mass is 9.77. The first-order chi connectivity index (χ1) is 34.9. The first-order valence-electron chi connectivity index (χ1n) is 27.6. The van der Waals surface area contributed by atoms with Crippen LogP contribution in [-0.2, 0) is 16.2 Å². The van der Waals surface area contributed by atoms with Gasteiger partial charge in [-0.3, -0.25) is 0 Å². The average molecular weight is 811 g/mol. The summed E-state index contributed by atoms with van der Waals surface area (Å²) in [6, 6.07) is 36.8. The second-order valence-corrected chi connectivity index (χ2v) is 18.1. The standard InChI is InChI=1S/C23H24.C22H22.C16H18/c1-17-13-15-19(16-14-17)21-12-8-11-20(22(21)23(2,3)4)18-9-6-5-7-10-18;1-22(2,3)21-15-19(17-10-6-4-7-11-17)14-20(16-21)18-12-8-5-9-13-18;1-16(2,3)15-12-8-7-11-14(15)13-9-5-4-6-10-13/h5-16H,1-4H3;4-16H,1-3H3;4-12H,1-3H3/i5D,6D,7D,9D,10D,13D,14D,15D,16D;;4D,5D,6D,9D,10D. The highest BCUT2D eigenvalue weighted by atomic mass is 14.3. The van der Waals surface area contributed by atoms with E-state index in [1.807, 2.05) is 65.8 Å². The molecule has 8 rings (SSSR count). The maximum Gasteiger partial charge on any atom is 0.0629 e. The zero-order valence-corrected chi connectivity index (χ0v) is 37.0. The molecule has 0 fully saturated rings. The van der Waals surface area contributed by atoms with E-state index in [1.165, 1.54) is 34.7 Å². The minimum atomic E-state index is -0.608. The van der Waals surface area contributed by atoms with Crippen molar-refractivity contribution in [3.05, 3.63) is 228 Å². The van der Waals surface area contributed by atoms with Gasteiger partial charge in [0.05, 0.1) is 19.2 Å². The van der Waals surface area contributed by atoms with Gasteiger partial charge in [-0.15, -0.1) is 0 Å². The van der Waals surface area contributed by atoms with Gasteiger partial charge in [0.2, 0.25) is 0 Å². The van der Waals surface area contributed by atoms with E-state index in [0.717, 1.165) is 5.56 Å². The number of hydrogen-bond donors (Lipinski definition) is 0. The Labute approximate surface area is 387 Å². The van der Waals surface area contributed by atoms with Crippen LogP contribution in [0.2, 0.25) is 0 Å². The van der Waals surface area contributed by atoms with Crippen LogP contribution >= 0.6 is 0 Å². The van der Waals surface area contributed by atoms with Crippen LogP contribution in [0.25, 0.3) is 55.6 Å². The molecule has 0 aliphatic heterocycles. The normalized spacial score (nSPS) is 14.7. The average Bonchev–Trinajstić information content (AvgIpc) is 3.37. The monoisotopic (exact) mass is 811 g/mol. The van der Waals surface area contributed by atoms with Gasteiger partial charge in [-0.25, -0.2) is 0 Å². The van der Waals surface area contributed by atoms with E-state index in [-0.39, 0.29) is 99.6 Å². The van der Waals surface area contributed by atoms with Crippen LogP contribution in [0.5, 0.6) is 0 Å². The lowest BCUT2D eigenvalue weighted by Crippen LogP contribution is -2.14. The van der Waals surface area contributed by atoms with Crippen LogP contribution in [-0.4, -0.2) is 0 Å². The summed E-state index contributed by atoms with van der Waals surface area (Å²) in [4.78, 5) is 0. The van der Waals surface area contributed by atoms with Gasteiger partial charge in [0.25, 0.3) is 0 Å². The highest BCUT2D eigenvalue weighted by molar-refractivity contribution is 5.80. The van der Waals surface area contributed by atoms with Gasteiger partial charge in [-0.05, 0) is 102 Å². The maximum atomic E-state index is 8.52. The van der Waals surface area contributed by atoms with E-state index >= 15 is 0 Å². The molecule has 8 aromatic carbocycles. The van der Waals surface area contributed by atoms with E-state index in [1.54, 1.807) is 18.2 Å². The van der Waals surface area contributed by atoms with Gasteiger partial charge in [0.1, 0.15) is 0 Å². The lowest BCUT2D eigenvalue weighted by molar-refractivity contribution is 0.590. The summed E-state index contributed by atoms with van der Waals surface area (Å²) in [6.07, 6.45) is 0. The highest BCUT2D eigenvalue weighted by Gasteiger charge is 2.23. The van der Waals surface area contributed by atoms with E-state index in [4.69, 9.17) is 19.2 Å². The summed E-state index contributed by atoms with van der Waals surface area (Å²) < 4.78 is 114. The van der Waals surface area contributed by atoms with Crippen molar-refractivity contribution in [1.29, 1.82) is 0 Å². The molecule has 0 unspecified atom stereocenters. The Hall–Kier alpha value is -6.24. The molecule has 0 spiro atoms. The second-order valence-electron chi connectivity index (χ2n) is 18.1. The number of rotatable bonds is 5. The Balaban J connectivity index is 0.000000189. The lowest BCUT2D eigenvalue weighted by Gasteiger charge is -2.27. The smallest absolute Gasteiger partial charge is 0.0622 e. The van der Waals surface area contributed by atoms with Crippen LogP contribution < -0.4 is 0 Å². The number of benzene rings is 8. The molecule has 308 valence electrons.